The molecule has 0 atom stereocenters. The zero-order valence-corrected chi connectivity index (χ0v) is 24.1. The summed E-state index contributed by atoms with van der Waals surface area (Å²) in [4.78, 5) is 0. The van der Waals surface area contributed by atoms with Gasteiger partial charge in [-0.3, -0.25) is 0 Å². The number of para-hydroxylation sites is 1. The second-order valence-corrected chi connectivity index (χ2v) is 13.2. The molecular formula is C37H37N2+. The number of rotatable bonds is 1. The van der Waals surface area contributed by atoms with Crippen LogP contribution in [0.4, 0.5) is 0 Å². The number of hydrogen-bond acceptors (Lipinski definition) is 0. The summed E-state index contributed by atoms with van der Waals surface area (Å²) in [7, 11) is 2.23. The molecule has 8 rings (SSSR count). The Hall–Kier alpha value is -3.65. The van der Waals surface area contributed by atoms with E-state index < -0.39 is 0 Å². The Balaban J connectivity index is 1.68. The number of fused-ring (bicyclic) bond motifs is 7. The lowest BCUT2D eigenvalue weighted by Gasteiger charge is -2.35. The average Bonchev–Trinajstić information content (AvgIpc) is 3.27. The smallest absolute Gasteiger partial charge is 0.224 e. The van der Waals surface area contributed by atoms with Gasteiger partial charge < -0.3 is 4.40 Å². The predicted octanol–water partition coefficient (Wildman–Crippen LogP) is 9.58. The van der Waals surface area contributed by atoms with Crippen molar-refractivity contribution in [2.75, 3.05) is 0 Å². The predicted molar refractivity (Wildman–Crippen MR) is 166 cm³/mol. The maximum atomic E-state index is 2.65. The number of pyridine rings is 2. The van der Waals surface area contributed by atoms with Crippen molar-refractivity contribution in [1.82, 2.24) is 4.40 Å². The number of aromatic nitrogens is 2. The molecule has 0 N–H and O–H groups in total. The van der Waals surface area contributed by atoms with E-state index in [1.807, 2.05) is 0 Å². The van der Waals surface area contributed by atoms with Gasteiger partial charge in [-0.25, -0.2) is 4.57 Å². The molecule has 1 saturated carbocycles. The Kier molecular flexibility index (Phi) is 4.60. The van der Waals surface area contributed by atoms with Crippen LogP contribution in [0, 0.1) is 26.2 Å². The average molecular weight is 510 g/mol. The van der Waals surface area contributed by atoms with Crippen LogP contribution in [0.15, 0.2) is 60.8 Å². The first-order chi connectivity index (χ1) is 18.8. The summed E-state index contributed by atoms with van der Waals surface area (Å²) < 4.78 is 5.03. The summed E-state index contributed by atoms with van der Waals surface area (Å²) in [6.07, 6.45) is 7.45. The summed E-state index contributed by atoms with van der Waals surface area (Å²) in [5, 5.41) is 9.86. The first kappa shape index (κ1) is 23.3. The van der Waals surface area contributed by atoms with Gasteiger partial charge in [0.2, 0.25) is 5.52 Å². The zero-order chi connectivity index (χ0) is 26.8. The first-order valence-electron chi connectivity index (χ1n) is 14.7. The molecule has 39 heavy (non-hydrogen) atoms. The molecule has 0 aliphatic heterocycles. The summed E-state index contributed by atoms with van der Waals surface area (Å²) in [5.74, 6) is 0.613. The van der Waals surface area contributed by atoms with E-state index in [0.29, 0.717) is 11.3 Å². The zero-order valence-electron chi connectivity index (χ0n) is 24.1. The van der Waals surface area contributed by atoms with E-state index in [1.165, 1.54) is 102 Å². The molecule has 3 aromatic heterocycles. The van der Waals surface area contributed by atoms with Gasteiger partial charge in [0, 0.05) is 16.8 Å². The highest BCUT2D eigenvalue weighted by atomic mass is 15.0. The Morgan fingerprint density at radius 2 is 1.51 bits per heavy atom. The van der Waals surface area contributed by atoms with E-state index in [2.05, 4.69) is 111 Å². The normalized spacial score (nSPS) is 16.7. The van der Waals surface area contributed by atoms with Gasteiger partial charge in [-0.15, -0.1) is 0 Å². The minimum absolute atomic E-state index is 0.458. The van der Waals surface area contributed by atoms with Gasteiger partial charge in [0.15, 0.2) is 6.20 Å². The minimum atomic E-state index is 0.458. The highest BCUT2D eigenvalue weighted by Gasteiger charge is 2.32. The van der Waals surface area contributed by atoms with Crippen molar-refractivity contribution >= 4 is 59.8 Å². The summed E-state index contributed by atoms with van der Waals surface area (Å²) in [6, 6.07) is 20.9. The van der Waals surface area contributed by atoms with E-state index in [-0.39, 0.29) is 0 Å². The Labute approximate surface area is 230 Å². The van der Waals surface area contributed by atoms with Gasteiger partial charge in [0.05, 0.1) is 27.3 Å². The largest absolute Gasteiger partial charge is 0.307 e. The SMILES string of the molecule is Cc1cccc2c(C)c3c(c(C)c12)n1c2ccccc2c2c(C4CCC(C)(C)CC4)cc4cc[n+](C)c3c4c21. The molecule has 0 radical (unpaired) electrons. The summed E-state index contributed by atoms with van der Waals surface area (Å²) >= 11 is 0. The van der Waals surface area contributed by atoms with Crippen LogP contribution in [0.3, 0.4) is 0 Å². The molecule has 194 valence electrons. The molecule has 0 saturated heterocycles. The van der Waals surface area contributed by atoms with Crippen molar-refractivity contribution < 1.29 is 4.57 Å². The minimum Gasteiger partial charge on any atom is -0.307 e. The molecule has 4 aromatic carbocycles. The lowest BCUT2D eigenvalue weighted by atomic mass is 9.70. The van der Waals surface area contributed by atoms with Crippen LogP contribution in [0.2, 0.25) is 0 Å². The maximum absolute atomic E-state index is 2.65. The first-order valence-corrected chi connectivity index (χ1v) is 14.7. The number of benzene rings is 4. The van der Waals surface area contributed by atoms with Crippen molar-refractivity contribution in [2.45, 2.75) is 66.2 Å². The lowest BCUT2D eigenvalue weighted by molar-refractivity contribution is -0.643. The Bertz CT molecular complexity index is 2130. The molecule has 0 bridgehead atoms. The Morgan fingerprint density at radius 1 is 0.769 bits per heavy atom. The second-order valence-electron chi connectivity index (χ2n) is 13.2. The fourth-order valence-electron chi connectivity index (χ4n) is 8.27. The third-order valence-corrected chi connectivity index (χ3v) is 10.3. The van der Waals surface area contributed by atoms with Crippen molar-refractivity contribution in [1.29, 1.82) is 0 Å². The highest BCUT2D eigenvalue weighted by Crippen LogP contribution is 2.50. The van der Waals surface area contributed by atoms with E-state index >= 15 is 0 Å². The third kappa shape index (κ3) is 2.95. The number of aryl methyl sites for hydroxylation is 4. The molecule has 1 aliphatic carbocycles. The van der Waals surface area contributed by atoms with Crippen LogP contribution < -0.4 is 4.57 Å². The molecule has 1 aliphatic rings. The van der Waals surface area contributed by atoms with Crippen molar-refractivity contribution in [3.05, 3.63) is 83.0 Å². The molecule has 0 spiro atoms. The lowest BCUT2D eigenvalue weighted by Crippen LogP contribution is -2.29. The summed E-state index contributed by atoms with van der Waals surface area (Å²) in [6.45, 7) is 11.9. The number of hydrogen-bond donors (Lipinski definition) is 0. The summed E-state index contributed by atoms with van der Waals surface area (Å²) in [5.41, 5.74) is 11.6. The molecule has 7 aromatic rings. The molecule has 0 amide bonds. The van der Waals surface area contributed by atoms with Crippen LogP contribution in [-0.4, -0.2) is 4.40 Å². The van der Waals surface area contributed by atoms with E-state index in [1.54, 1.807) is 5.56 Å². The molecule has 2 heteroatoms. The van der Waals surface area contributed by atoms with Crippen LogP contribution in [0.5, 0.6) is 0 Å². The van der Waals surface area contributed by atoms with Gasteiger partial charge in [0.1, 0.15) is 7.05 Å². The van der Waals surface area contributed by atoms with E-state index in [9.17, 15) is 0 Å². The van der Waals surface area contributed by atoms with Gasteiger partial charge in [-0.1, -0.05) is 50.2 Å². The van der Waals surface area contributed by atoms with Crippen molar-refractivity contribution in [2.24, 2.45) is 12.5 Å². The monoisotopic (exact) mass is 509 g/mol. The van der Waals surface area contributed by atoms with Gasteiger partial charge in [-0.2, -0.15) is 0 Å². The quantitative estimate of drug-likeness (QED) is 0.118. The topological polar surface area (TPSA) is 8.29 Å². The highest BCUT2D eigenvalue weighted by molar-refractivity contribution is 6.29. The van der Waals surface area contributed by atoms with Gasteiger partial charge in [-0.05, 0) is 108 Å². The fourth-order valence-corrected chi connectivity index (χ4v) is 8.27. The molecule has 2 nitrogen and oxygen atoms in total. The van der Waals surface area contributed by atoms with E-state index in [4.69, 9.17) is 0 Å². The van der Waals surface area contributed by atoms with Crippen LogP contribution in [-0.2, 0) is 7.05 Å². The van der Waals surface area contributed by atoms with Crippen LogP contribution in [0.1, 0.15) is 67.7 Å². The molecule has 3 heterocycles. The van der Waals surface area contributed by atoms with Crippen molar-refractivity contribution in [3.8, 4) is 0 Å². The van der Waals surface area contributed by atoms with E-state index in [0.717, 1.165) is 0 Å². The number of nitrogens with zero attached hydrogens (tertiary/aromatic N) is 2. The van der Waals surface area contributed by atoms with Gasteiger partial charge >= 0.3 is 0 Å². The van der Waals surface area contributed by atoms with Crippen LogP contribution >= 0.6 is 0 Å². The molecule has 0 unspecified atom stereocenters. The maximum Gasteiger partial charge on any atom is 0.224 e. The van der Waals surface area contributed by atoms with Crippen molar-refractivity contribution in [3.63, 3.8) is 0 Å². The van der Waals surface area contributed by atoms with Crippen LogP contribution in [0.25, 0.3) is 59.8 Å². The second kappa shape index (κ2) is 7.72. The Morgan fingerprint density at radius 3 is 2.31 bits per heavy atom. The molecular weight excluding hydrogens is 472 g/mol. The third-order valence-electron chi connectivity index (χ3n) is 10.3. The van der Waals surface area contributed by atoms with Gasteiger partial charge in [0.25, 0.3) is 0 Å². The molecule has 1 fully saturated rings. The standard InChI is InChI=1S/C37H37N2/c1-21-10-9-12-26-22(2)31-34(23(3)30(21)26)39-29-13-8-7-11-27(29)33-28(24-14-17-37(4,5)18-15-24)20-25-16-19-38(6)35(31)32(25)36(33)39/h7-13,16,19-20,24H,14-15,17-18H2,1-6H3/q+1. The fraction of sp³-hybridized carbons (Fsp3) is 0.324.